The van der Waals surface area contributed by atoms with E-state index in [-0.39, 0.29) is 5.56 Å². The van der Waals surface area contributed by atoms with Gasteiger partial charge in [0.2, 0.25) is 0 Å². The molecule has 2 aromatic heterocycles. The van der Waals surface area contributed by atoms with Gasteiger partial charge in [-0.1, -0.05) is 12.5 Å². The quantitative estimate of drug-likeness (QED) is 0.780. The predicted octanol–water partition coefficient (Wildman–Crippen LogP) is 3.65. The molecule has 132 valence electrons. The van der Waals surface area contributed by atoms with Crippen LogP contribution in [-0.4, -0.2) is 15.7 Å². The highest BCUT2D eigenvalue weighted by Crippen LogP contribution is 2.36. The van der Waals surface area contributed by atoms with Crippen LogP contribution in [0.3, 0.4) is 0 Å². The van der Waals surface area contributed by atoms with E-state index >= 15 is 0 Å². The van der Waals surface area contributed by atoms with E-state index in [4.69, 9.17) is 4.42 Å². The fraction of sp³-hybridized carbons (Fsp3) is 0.250. The molecule has 3 aromatic rings. The lowest BCUT2D eigenvalue weighted by Gasteiger charge is -2.24. The highest BCUT2D eigenvalue weighted by molar-refractivity contribution is 6.05. The van der Waals surface area contributed by atoms with Gasteiger partial charge in [-0.15, -0.1) is 0 Å². The Kier molecular flexibility index (Phi) is 4.16. The van der Waals surface area contributed by atoms with Crippen molar-refractivity contribution in [3.63, 3.8) is 0 Å². The molecule has 1 aliphatic rings. The van der Waals surface area contributed by atoms with Crippen molar-refractivity contribution in [3.05, 3.63) is 76.1 Å². The molecule has 0 unspecified atom stereocenters. The van der Waals surface area contributed by atoms with Gasteiger partial charge in [0.05, 0.1) is 5.69 Å². The summed E-state index contributed by atoms with van der Waals surface area (Å²) in [5.41, 5.74) is 1.52. The van der Waals surface area contributed by atoms with E-state index in [2.05, 4.69) is 10.4 Å². The van der Waals surface area contributed by atoms with Crippen molar-refractivity contribution in [1.29, 1.82) is 0 Å². The molecule has 1 N–H and O–H groups in total. The van der Waals surface area contributed by atoms with Crippen molar-refractivity contribution in [2.75, 3.05) is 5.32 Å². The van der Waals surface area contributed by atoms with Gasteiger partial charge in [-0.25, -0.2) is 9.48 Å². The molecule has 0 saturated heterocycles. The Bertz CT molecular complexity index is 1000. The van der Waals surface area contributed by atoms with Crippen LogP contribution >= 0.6 is 0 Å². The van der Waals surface area contributed by atoms with E-state index in [1.807, 2.05) is 30.5 Å². The zero-order valence-electron chi connectivity index (χ0n) is 14.4. The number of rotatable bonds is 4. The van der Waals surface area contributed by atoms with Crippen LogP contribution in [0.2, 0.25) is 0 Å². The van der Waals surface area contributed by atoms with Gasteiger partial charge >= 0.3 is 5.63 Å². The Morgan fingerprint density at radius 1 is 1.27 bits per heavy atom. The van der Waals surface area contributed by atoms with Crippen LogP contribution in [-0.2, 0) is 0 Å². The van der Waals surface area contributed by atoms with Crippen molar-refractivity contribution in [2.24, 2.45) is 0 Å². The van der Waals surface area contributed by atoms with Crippen LogP contribution in [0.4, 0.5) is 5.69 Å². The number of carbonyl (C=O) groups excluding carboxylic acids is 1. The van der Waals surface area contributed by atoms with Crippen molar-refractivity contribution >= 4 is 11.6 Å². The van der Waals surface area contributed by atoms with Gasteiger partial charge in [0.15, 0.2) is 0 Å². The van der Waals surface area contributed by atoms with E-state index < -0.39 is 11.5 Å². The summed E-state index contributed by atoms with van der Waals surface area (Å²) < 4.78 is 7.10. The zero-order valence-corrected chi connectivity index (χ0v) is 14.4. The van der Waals surface area contributed by atoms with Gasteiger partial charge in [0.1, 0.15) is 11.3 Å². The number of hydrogen-bond donors (Lipinski definition) is 1. The normalized spacial score (nSPS) is 14.0. The molecule has 0 aliphatic heterocycles. The Morgan fingerprint density at radius 2 is 2.12 bits per heavy atom. The average molecular weight is 349 g/mol. The lowest BCUT2D eigenvalue weighted by atomic mass is 9.83. The molecular formula is C20H19N3O3. The number of aryl methyl sites for hydroxylation is 1. The lowest BCUT2D eigenvalue weighted by Crippen LogP contribution is -2.24. The Morgan fingerprint density at radius 3 is 2.77 bits per heavy atom. The highest BCUT2D eigenvalue weighted by Gasteiger charge is 2.25. The maximum Gasteiger partial charge on any atom is 0.349 e. The Labute approximate surface area is 150 Å². The number of carbonyl (C=O) groups is 1. The molecule has 0 atom stereocenters. The Hall–Kier alpha value is -3.15. The molecule has 4 rings (SSSR count). The minimum Gasteiger partial charge on any atom is -0.427 e. The number of aromatic nitrogens is 2. The van der Waals surface area contributed by atoms with Crippen LogP contribution in [0, 0.1) is 6.92 Å². The third-order valence-electron chi connectivity index (χ3n) is 4.78. The van der Waals surface area contributed by atoms with Crippen molar-refractivity contribution in [1.82, 2.24) is 9.78 Å². The SMILES string of the molecule is Cc1cc(C2CCC2)oc(=O)c1C(=O)Nc1cccc(-n2cccn2)c1. The summed E-state index contributed by atoms with van der Waals surface area (Å²) in [7, 11) is 0. The summed E-state index contributed by atoms with van der Waals surface area (Å²) in [5, 5.41) is 6.95. The molecule has 0 radical (unpaired) electrons. The molecule has 1 fully saturated rings. The molecule has 6 nitrogen and oxygen atoms in total. The van der Waals surface area contributed by atoms with Crippen molar-refractivity contribution in [3.8, 4) is 5.69 Å². The van der Waals surface area contributed by atoms with Gasteiger partial charge in [-0.3, -0.25) is 4.79 Å². The fourth-order valence-electron chi connectivity index (χ4n) is 3.14. The third kappa shape index (κ3) is 3.06. The highest BCUT2D eigenvalue weighted by atomic mass is 16.4. The first-order valence-electron chi connectivity index (χ1n) is 8.68. The van der Waals surface area contributed by atoms with Crippen LogP contribution in [0.1, 0.15) is 46.9 Å². The summed E-state index contributed by atoms with van der Waals surface area (Å²) in [4.78, 5) is 25.0. The van der Waals surface area contributed by atoms with Crippen LogP contribution in [0.25, 0.3) is 5.69 Å². The smallest absolute Gasteiger partial charge is 0.349 e. The average Bonchev–Trinajstić information content (AvgIpc) is 3.07. The molecule has 1 aliphatic carbocycles. The first kappa shape index (κ1) is 16.3. The Balaban J connectivity index is 1.59. The molecule has 6 heteroatoms. The largest absolute Gasteiger partial charge is 0.427 e. The van der Waals surface area contributed by atoms with E-state index in [9.17, 15) is 9.59 Å². The fourth-order valence-corrected chi connectivity index (χ4v) is 3.14. The standard InChI is InChI=1S/C20H19N3O3/c1-13-11-17(14-5-2-6-14)26-20(25)18(13)19(24)22-15-7-3-8-16(12-15)23-10-4-9-21-23/h3-4,7-12,14H,2,5-6H2,1H3,(H,22,24). The molecule has 2 heterocycles. The summed E-state index contributed by atoms with van der Waals surface area (Å²) in [6.07, 6.45) is 6.73. The van der Waals surface area contributed by atoms with Crippen molar-refractivity contribution < 1.29 is 9.21 Å². The second-order valence-corrected chi connectivity index (χ2v) is 6.58. The van der Waals surface area contributed by atoms with Crippen LogP contribution in [0.15, 0.2) is 58.0 Å². The second-order valence-electron chi connectivity index (χ2n) is 6.58. The topological polar surface area (TPSA) is 77.1 Å². The van der Waals surface area contributed by atoms with Gasteiger partial charge < -0.3 is 9.73 Å². The number of hydrogen-bond acceptors (Lipinski definition) is 4. The van der Waals surface area contributed by atoms with E-state index in [0.717, 1.165) is 24.9 Å². The lowest BCUT2D eigenvalue weighted by molar-refractivity contribution is 0.102. The molecule has 1 saturated carbocycles. The van der Waals surface area contributed by atoms with E-state index in [0.29, 0.717) is 22.9 Å². The molecule has 0 bridgehead atoms. The summed E-state index contributed by atoms with van der Waals surface area (Å²) in [6.45, 7) is 1.77. The molecule has 0 spiro atoms. The van der Waals surface area contributed by atoms with E-state index in [1.165, 1.54) is 0 Å². The minimum atomic E-state index is -0.576. The summed E-state index contributed by atoms with van der Waals surface area (Å²) in [6, 6.07) is 10.9. The third-order valence-corrected chi connectivity index (χ3v) is 4.78. The summed E-state index contributed by atoms with van der Waals surface area (Å²) >= 11 is 0. The first-order valence-corrected chi connectivity index (χ1v) is 8.68. The maximum atomic E-state index is 12.6. The van der Waals surface area contributed by atoms with E-state index in [1.54, 1.807) is 29.9 Å². The second kappa shape index (κ2) is 6.63. The number of anilines is 1. The van der Waals surface area contributed by atoms with Crippen LogP contribution < -0.4 is 10.9 Å². The maximum absolute atomic E-state index is 12.6. The number of nitrogens with one attached hydrogen (secondary N) is 1. The van der Waals surface area contributed by atoms with Crippen LogP contribution in [0.5, 0.6) is 0 Å². The van der Waals surface area contributed by atoms with Gasteiger partial charge in [0.25, 0.3) is 5.91 Å². The van der Waals surface area contributed by atoms with Gasteiger partial charge in [0, 0.05) is 24.0 Å². The zero-order chi connectivity index (χ0) is 18.1. The number of nitrogens with zero attached hydrogens (tertiary/aromatic N) is 2. The van der Waals surface area contributed by atoms with Crippen molar-refractivity contribution in [2.45, 2.75) is 32.1 Å². The van der Waals surface area contributed by atoms with Gasteiger partial charge in [-0.2, -0.15) is 5.10 Å². The number of amides is 1. The molecule has 1 aromatic carbocycles. The number of benzene rings is 1. The molecule has 1 amide bonds. The summed E-state index contributed by atoms with van der Waals surface area (Å²) in [5.74, 6) is 0.536. The predicted molar refractivity (Wildman–Crippen MR) is 97.8 cm³/mol. The monoisotopic (exact) mass is 349 g/mol. The molecular weight excluding hydrogens is 330 g/mol. The molecule has 26 heavy (non-hydrogen) atoms. The minimum absolute atomic E-state index is 0.0533. The van der Waals surface area contributed by atoms with Gasteiger partial charge in [-0.05, 0) is 55.7 Å². The first-order chi connectivity index (χ1) is 12.6.